The summed E-state index contributed by atoms with van der Waals surface area (Å²) >= 11 is 1.86. The van der Waals surface area contributed by atoms with Crippen LogP contribution in [0.25, 0.3) is 0 Å². The first-order valence-corrected chi connectivity index (χ1v) is 9.58. The molecule has 0 radical (unpaired) electrons. The number of fused-ring (bicyclic) bond motifs is 1. The number of hydrogen-bond donors (Lipinski definition) is 2. The van der Waals surface area contributed by atoms with Gasteiger partial charge in [0.15, 0.2) is 0 Å². The lowest BCUT2D eigenvalue weighted by atomic mass is 10.0. The highest BCUT2D eigenvalue weighted by molar-refractivity contribution is 7.99. The maximum atomic E-state index is 12.6. The van der Waals surface area contributed by atoms with Gasteiger partial charge in [-0.25, -0.2) is 0 Å². The molecule has 134 valence electrons. The van der Waals surface area contributed by atoms with Crippen molar-refractivity contribution >= 4 is 30.1 Å². The molecule has 2 aromatic rings. The number of amides is 1. The molecule has 2 atom stereocenters. The second-order valence-electron chi connectivity index (χ2n) is 6.38. The Labute approximate surface area is 158 Å². The number of halogens is 1. The van der Waals surface area contributed by atoms with E-state index in [-0.39, 0.29) is 24.4 Å². The number of aromatic nitrogens is 2. The Bertz CT molecular complexity index is 729. The highest BCUT2D eigenvalue weighted by Crippen LogP contribution is 2.35. The normalized spacial score (nSPS) is 22.6. The third-order valence-corrected chi connectivity index (χ3v) is 5.87. The fraction of sp³-hybridized carbons (Fsp3) is 0.444. The second-order valence-corrected chi connectivity index (χ2v) is 7.52. The standard InChI is InChI=1S/C18H22N4OS.ClH/c23-18(16-7-10-22(21-16)13-4-3-9-19-12-13)20-15-8-11-24-17-6-2-1-5-14(15)17;/h1-2,5-7,10,13,15,19H,3-4,8-9,11-12H2,(H,20,23);1H. The van der Waals surface area contributed by atoms with Crippen molar-refractivity contribution in [3.05, 3.63) is 47.8 Å². The summed E-state index contributed by atoms with van der Waals surface area (Å²) in [5.74, 6) is 0.952. The lowest BCUT2D eigenvalue weighted by molar-refractivity contribution is 0.0928. The molecule has 1 aromatic carbocycles. The summed E-state index contributed by atoms with van der Waals surface area (Å²) in [6.07, 6.45) is 5.16. The van der Waals surface area contributed by atoms with Crippen LogP contribution in [-0.2, 0) is 0 Å². The molecule has 1 saturated heterocycles. The van der Waals surface area contributed by atoms with Crippen molar-refractivity contribution in [1.82, 2.24) is 20.4 Å². The van der Waals surface area contributed by atoms with E-state index in [9.17, 15) is 4.79 Å². The van der Waals surface area contributed by atoms with E-state index in [0.717, 1.165) is 38.1 Å². The summed E-state index contributed by atoms with van der Waals surface area (Å²) in [5, 5.41) is 11.1. The first-order chi connectivity index (χ1) is 11.8. The quantitative estimate of drug-likeness (QED) is 0.861. The Morgan fingerprint density at radius 2 is 2.16 bits per heavy atom. The van der Waals surface area contributed by atoms with E-state index in [2.05, 4.69) is 33.9 Å². The van der Waals surface area contributed by atoms with Crippen molar-refractivity contribution in [3.8, 4) is 0 Å². The van der Waals surface area contributed by atoms with Crippen molar-refractivity contribution in [2.75, 3.05) is 18.8 Å². The van der Waals surface area contributed by atoms with E-state index >= 15 is 0 Å². The highest BCUT2D eigenvalue weighted by Gasteiger charge is 2.24. The molecule has 7 heteroatoms. The van der Waals surface area contributed by atoms with E-state index in [0.29, 0.717) is 11.7 Å². The fourth-order valence-corrected chi connectivity index (χ4v) is 4.57. The minimum atomic E-state index is -0.0794. The zero-order valence-corrected chi connectivity index (χ0v) is 15.6. The van der Waals surface area contributed by atoms with Crippen LogP contribution in [0.15, 0.2) is 41.4 Å². The number of nitrogens with zero attached hydrogens (tertiary/aromatic N) is 2. The fourth-order valence-electron chi connectivity index (χ4n) is 3.45. The summed E-state index contributed by atoms with van der Waals surface area (Å²) in [7, 11) is 0. The summed E-state index contributed by atoms with van der Waals surface area (Å²) in [4.78, 5) is 13.9. The first kappa shape index (κ1) is 18.3. The SMILES string of the molecule is Cl.O=C(NC1CCSc2ccccc21)c1ccn(C2CCCNC2)n1. The highest BCUT2D eigenvalue weighted by atomic mass is 35.5. The largest absolute Gasteiger partial charge is 0.344 e. The van der Waals surface area contributed by atoms with Crippen LogP contribution in [0.5, 0.6) is 0 Å². The molecule has 1 amide bonds. The predicted molar refractivity (Wildman–Crippen MR) is 103 cm³/mol. The van der Waals surface area contributed by atoms with Gasteiger partial charge in [-0.2, -0.15) is 5.10 Å². The maximum Gasteiger partial charge on any atom is 0.272 e. The van der Waals surface area contributed by atoms with Crippen LogP contribution in [0.2, 0.25) is 0 Å². The Hall–Kier alpha value is -1.50. The molecule has 2 aliphatic rings. The molecule has 2 unspecified atom stereocenters. The summed E-state index contributed by atoms with van der Waals surface area (Å²) < 4.78 is 1.94. The topological polar surface area (TPSA) is 59.0 Å². The number of carbonyl (C=O) groups excluding carboxylic acids is 1. The van der Waals surface area contributed by atoms with E-state index in [1.807, 2.05) is 34.8 Å². The number of benzene rings is 1. The van der Waals surface area contributed by atoms with Gasteiger partial charge < -0.3 is 10.6 Å². The zero-order chi connectivity index (χ0) is 16.4. The Morgan fingerprint density at radius 3 is 3.00 bits per heavy atom. The van der Waals surface area contributed by atoms with E-state index in [1.54, 1.807) is 0 Å². The van der Waals surface area contributed by atoms with Gasteiger partial charge in [0, 0.05) is 23.4 Å². The van der Waals surface area contributed by atoms with Crippen molar-refractivity contribution in [1.29, 1.82) is 0 Å². The Morgan fingerprint density at radius 1 is 1.28 bits per heavy atom. The van der Waals surface area contributed by atoms with Crippen molar-refractivity contribution in [2.45, 2.75) is 36.2 Å². The Balaban J connectivity index is 0.00000182. The van der Waals surface area contributed by atoms with Gasteiger partial charge >= 0.3 is 0 Å². The first-order valence-electron chi connectivity index (χ1n) is 8.60. The third kappa shape index (κ3) is 4.02. The van der Waals surface area contributed by atoms with Crippen LogP contribution >= 0.6 is 24.2 Å². The smallest absolute Gasteiger partial charge is 0.272 e. The second kappa shape index (κ2) is 8.25. The van der Waals surface area contributed by atoms with Gasteiger partial charge in [-0.15, -0.1) is 24.2 Å². The van der Waals surface area contributed by atoms with Crippen LogP contribution in [0.1, 0.15) is 47.4 Å². The number of piperidine rings is 1. The molecule has 2 aliphatic heterocycles. The van der Waals surface area contributed by atoms with E-state index < -0.39 is 0 Å². The Kier molecular flexibility index (Phi) is 6.04. The van der Waals surface area contributed by atoms with E-state index in [4.69, 9.17) is 0 Å². The number of rotatable bonds is 3. The maximum absolute atomic E-state index is 12.6. The van der Waals surface area contributed by atoms with Crippen LogP contribution in [-0.4, -0.2) is 34.5 Å². The molecule has 0 aliphatic carbocycles. The lowest BCUT2D eigenvalue weighted by Crippen LogP contribution is -2.33. The van der Waals surface area contributed by atoms with Gasteiger partial charge in [0.2, 0.25) is 0 Å². The molecule has 3 heterocycles. The van der Waals surface area contributed by atoms with Crippen LogP contribution in [0, 0.1) is 0 Å². The lowest BCUT2D eigenvalue weighted by Gasteiger charge is -2.25. The molecule has 4 rings (SSSR count). The number of thioether (sulfide) groups is 1. The van der Waals surface area contributed by atoms with Gasteiger partial charge in [0.05, 0.1) is 12.1 Å². The van der Waals surface area contributed by atoms with Crippen molar-refractivity contribution in [3.63, 3.8) is 0 Å². The molecule has 0 bridgehead atoms. The molecule has 0 spiro atoms. The molecule has 2 N–H and O–H groups in total. The summed E-state index contributed by atoms with van der Waals surface area (Å²) in [6, 6.07) is 10.6. The monoisotopic (exact) mass is 378 g/mol. The minimum Gasteiger partial charge on any atom is -0.344 e. The van der Waals surface area contributed by atoms with Gasteiger partial charge in [-0.3, -0.25) is 9.48 Å². The van der Waals surface area contributed by atoms with Gasteiger partial charge in [-0.05, 0) is 43.5 Å². The van der Waals surface area contributed by atoms with Crippen molar-refractivity contribution in [2.24, 2.45) is 0 Å². The number of carbonyl (C=O) groups is 1. The van der Waals surface area contributed by atoms with E-state index in [1.165, 1.54) is 10.5 Å². The molecular weight excluding hydrogens is 356 g/mol. The zero-order valence-electron chi connectivity index (χ0n) is 14.0. The van der Waals surface area contributed by atoms with Gasteiger partial charge in [-0.1, -0.05) is 18.2 Å². The summed E-state index contributed by atoms with van der Waals surface area (Å²) in [5.41, 5.74) is 1.73. The minimum absolute atomic E-state index is 0. The average molecular weight is 379 g/mol. The van der Waals surface area contributed by atoms with Crippen LogP contribution in [0.3, 0.4) is 0 Å². The van der Waals surface area contributed by atoms with Crippen LogP contribution in [0.4, 0.5) is 0 Å². The molecule has 1 aromatic heterocycles. The molecular formula is C18H23ClN4OS. The summed E-state index contributed by atoms with van der Waals surface area (Å²) in [6.45, 7) is 2.00. The number of nitrogens with one attached hydrogen (secondary N) is 2. The molecule has 5 nitrogen and oxygen atoms in total. The number of hydrogen-bond acceptors (Lipinski definition) is 4. The molecule has 25 heavy (non-hydrogen) atoms. The average Bonchev–Trinajstić information content (AvgIpc) is 3.13. The van der Waals surface area contributed by atoms with Gasteiger partial charge in [0.1, 0.15) is 5.69 Å². The third-order valence-electron chi connectivity index (χ3n) is 4.75. The molecule has 1 fully saturated rings. The van der Waals surface area contributed by atoms with Crippen LogP contribution < -0.4 is 10.6 Å². The molecule has 0 saturated carbocycles. The van der Waals surface area contributed by atoms with Crippen molar-refractivity contribution < 1.29 is 4.79 Å². The van der Waals surface area contributed by atoms with Gasteiger partial charge in [0.25, 0.3) is 5.91 Å². The predicted octanol–water partition coefficient (Wildman–Crippen LogP) is 3.20.